The molecule has 1 heterocycles. The van der Waals surface area contributed by atoms with E-state index in [1.165, 1.54) is 6.07 Å². The summed E-state index contributed by atoms with van der Waals surface area (Å²) < 4.78 is 20.5. The maximum absolute atomic E-state index is 13.4. The first-order valence-corrected chi connectivity index (χ1v) is 6.32. The first-order chi connectivity index (χ1) is 9.25. The Hall–Kier alpha value is -2.11. The van der Waals surface area contributed by atoms with Gasteiger partial charge in [0.2, 0.25) is 0 Å². The number of halogens is 1. The summed E-state index contributed by atoms with van der Waals surface area (Å²) in [6, 6.07) is 6.35. The molecule has 19 heavy (non-hydrogen) atoms. The van der Waals surface area contributed by atoms with Crippen molar-refractivity contribution in [2.75, 3.05) is 12.3 Å². The summed E-state index contributed by atoms with van der Waals surface area (Å²) in [4.78, 5) is 0. The average Bonchev–Trinajstić information content (AvgIpc) is 3.17. The Kier molecular flexibility index (Phi) is 3.06. The van der Waals surface area contributed by atoms with Gasteiger partial charge in [0.05, 0.1) is 12.2 Å². The minimum Gasteiger partial charge on any atom is -0.489 e. The summed E-state index contributed by atoms with van der Waals surface area (Å²) in [5.74, 6) is 0.864. The summed E-state index contributed by atoms with van der Waals surface area (Å²) in [5.41, 5.74) is 6.78. The third-order valence-corrected chi connectivity index (χ3v) is 3.16. The van der Waals surface area contributed by atoms with Gasteiger partial charge < -0.3 is 10.5 Å². The minimum absolute atomic E-state index is 0.253. The van der Waals surface area contributed by atoms with Gasteiger partial charge in [0.25, 0.3) is 0 Å². The number of hydrogen-bond donors (Lipinski definition) is 1. The van der Waals surface area contributed by atoms with Gasteiger partial charge in [-0.25, -0.2) is 9.07 Å². The summed E-state index contributed by atoms with van der Waals surface area (Å²) in [7, 11) is 0. The van der Waals surface area contributed by atoms with Crippen molar-refractivity contribution in [2.45, 2.75) is 25.3 Å². The number of nitrogens with zero attached hydrogens (tertiary/aromatic N) is 3. The molecule has 1 aliphatic rings. The molecule has 0 bridgehead atoms. The Morgan fingerprint density at radius 2 is 2.16 bits per heavy atom. The number of para-hydroxylation sites is 1. The van der Waals surface area contributed by atoms with E-state index in [1.54, 1.807) is 22.9 Å². The van der Waals surface area contributed by atoms with Crippen LogP contribution < -0.4 is 10.5 Å². The van der Waals surface area contributed by atoms with Crippen molar-refractivity contribution in [1.82, 2.24) is 15.0 Å². The lowest BCUT2D eigenvalue weighted by atomic mass is 10.3. The fraction of sp³-hybridized carbons (Fsp3) is 0.385. The van der Waals surface area contributed by atoms with E-state index < -0.39 is 0 Å². The number of nitrogen functional groups attached to an aromatic ring is 1. The second-order valence-corrected chi connectivity index (χ2v) is 4.64. The van der Waals surface area contributed by atoms with E-state index in [9.17, 15) is 4.39 Å². The van der Waals surface area contributed by atoms with Crippen molar-refractivity contribution in [3.8, 4) is 5.75 Å². The number of benzene rings is 1. The highest BCUT2D eigenvalue weighted by Crippen LogP contribution is 2.41. The van der Waals surface area contributed by atoms with Crippen LogP contribution in [0.5, 0.6) is 5.75 Å². The molecule has 1 fully saturated rings. The van der Waals surface area contributed by atoms with Crippen LogP contribution in [0.15, 0.2) is 24.3 Å². The van der Waals surface area contributed by atoms with Gasteiger partial charge in [-0.15, -0.1) is 5.10 Å². The Labute approximate surface area is 110 Å². The highest BCUT2D eigenvalue weighted by molar-refractivity contribution is 5.38. The predicted molar refractivity (Wildman–Crippen MR) is 68.3 cm³/mol. The molecule has 0 spiro atoms. The largest absolute Gasteiger partial charge is 0.489 e. The molecule has 6 heteroatoms. The van der Waals surface area contributed by atoms with Gasteiger partial charge in [0.15, 0.2) is 17.4 Å². The summed E-state index contributed by atoms with van der Waals surface area (Å²) >= 11 is 0. The normalized spacial score (nSPS) is 14.6. The monoisotopic (exact) mass is 262 g/mol. The smallest absolute Gasteiger partial charge is 0.169 e. The molecule has 1 aliphatic carbocycles. The molecule has 0 radical (unpaired) electrons. The number of hydrogen-bond acceptors (Lipinski definition) is 4. The van der Waals surface area contributed by atoms with Gasteiger partial charge in [0, 0.05) is 5.92 Å². The molecule has 2 aromatic rings. The van der Waals surface area contributed by atoms with Gasteiger partial charge in [-0.3, -0.25) is 0 Å². The van der Waals surface area contributed by atoms with E-state index in [4.69, 9.17) is 10.5 Å². The van der Waals surface area contributed by atoms with Gasteiger partial charge >= 0.3 is 0 Å². The lowest BCUT2D eigenvalue weighted by Gasteiger charge is -2.08. The third-order valence-electron chi connectivity index (χ3n) is 3.16. The van der Waals surface area contributed by atoms with E-state index in [-0.39, 0.29) is 11.6 Å². The number of aromatic nitrogens is 3. The second kappa shape index (κ2) is 4.87. The first-order valence-electron chi connectivity index (χ1n) is 6.32. The molecule has 1 saturated carbocycles. The quantitative estimate of drug-likeness (QED) is 0.894. The van der Waals surface area contributed by atoms with Crippen molar-refractivity contribution in [3.05, 3.63) is 35.8 Å². The maximum Gasteiger partial charge on any atom is 0.169 e. The molecule has 1 aromatic carbocycles. The fourth-order valence-electron chi connectivity index (χ4n) is 2.08. The van der Waals surface area contributed by atoms with Gasteiger partial charge in [0.1, 0.15) is 6.61 Å². The molecular formula is C13H15FN4O. The molecule has 0 atom stereocenters. The third kappa shape index (κ3) is 2.52. The summed E-state index contributed by atoms with van der Waals surface area (Å²) in [5, 5.41) is 7.88. The number of nitrogens with two attached hydrogens (primary N) is 1. The van der Waals surface area contributed by atoms with E-state index >= 15 is 0 Å². The standard InChI is InChI=1S/C13H15FN4O/c14-10-3-1-2-4-11(10)19-8-7-18-12(9-5-6-9)13(15)16-17-18/h1-4,9H,5-8,15H2. The maximum atomic E-state index is 13.4. The van der Waals surface area contributed by atoms with Gasteiger partial charge in [-0.05, 0) is 25.0 Å². The second-order valence-electron chi connectivity index (χ2n) is 4.64. The molecule has 0 aliphatic heterocycles. The van der Waals surface area contributed by atoms with E-state index in [1.807, 2.05) is 0 Å². The number of anilines is 1. The van der Waals surface area contributed by atoms with Crippen molar-refractivity contribution in [3.63, 3.8) is 0 Å². The van der Waals surface area contributed by atoms with Crippen LogP contribution in [0.2, 0.25) is 0 Å². The minimum atomic E-state index is -0.358. The average molecular weight is 262 g/mol. The summed E-state index contributed by atoms with van der Waals surface area (Å²) in [6.45, 7) is 0.855. The van der Waals surface area contributed by atoms with Crippen LogP contribution >= 0.6 is 0 Å². The van der Waals surface area contributed by atoms with Crippen LogP contribution in [0.1, 0.15) is 24.5 Å². The number of ether oxygens (including phenoxy) is 1. The molecule has 0 unspecified atom stereocenters. The molecular weight excluding hydrogens is 247 g/mol. The van der Waals surface area contributed by atoms with Crippen molar-refractivity contribution < 1.29 is 9.13 Å². The SMILES string of the molecule is Nc1nnn(CCOc2ccccc2F)c1C1CC1. The van der Waals surface area contributed by atoms with E-state index in [2.05, 4.69) is 10.3 Å². The fourth-order valence-corrected chi connectivity index (χ4v) is 2.08. The zero-order valence-corrected chi connectivity index (χ0v) is 10.4. The van der Waals surface area contributed by atoms with Crippen molar-refractivity contribution in [1.29, 1.82) is 0 Å². The van der Waals surface area contributed by atoms with E-state index in [0.29, 0.717) is 24.9 Å². The van der Waals surface area contributed by atoms with Gasteiger partial charge in [-0.1, -0.05) is 17.3 Å². The first kappa shape index (κ1) is 12.0. The van der Waals surface area contributed by atoms with Crippen LogP contribution in [-0.4, -0.2) is 21.6 Å². The van der Waals surface area contributed by atoms with Crippen LogP contribution in [0.3, 0.4) is 0 Å². The topological polar surface area (TPSA) is 66.0 Å². The van der Waals surface area contributed by atoms with Gasteiger partial charge in [-0.2, -0.15) is 0 Å². The Morgan fingerprint density at radius 3 is 2.89 bits per heavy atom. The Bertz CT molecular complexity index is 580. The van der Waals surface area contributed by atoms with E-state index in [0.717, 1.165) is 18.5 Å². The van der Waals surface area contributed by atoms with Crippen LogP contribution in [0.25, 0.3) is 0 Å². The van der Waals surface area contributed by atoms with Crippen LogP contribution in [0.4, 0.5) is 10.2 Å². The molecule has 0 amide bonds. The molecule has 2 N–H and O–H groups in total. The van der Waals surface area contributed by atoms with Crippen molar-refractivity contribution in [2.24, 2.45) is 0 Å². The zero-order valence-electron chi connectivity index (χ0n) is 10.4. The zero-order chi connectivity index (χ0) is 13.2. The van der Waals surface area contributed by atoms with Crippen LogP contribution in [-0.2, 0) is 6.54 Å². The van der Waals surface area contributed by atoms with Crippen molar-refractivity contribution >= 4 is 5.82 Å². The molecule has 3 rings (SSSR count). The predicted octanol–water partition coefficient (Wildman–Crippen LogP) is 1.96. The molecule has 1 aromatic heterocycles. The Balaban J connectivity index is 1.62. The number of rotatable bonds is 5. The lowest BCUT2D eigenvalue weighted by molar-refractivity contribution is 0.275. The highest BCUT2D eigenvalue weighted by atomic mass is 19.1. The Morgan fingerprint density at radius 1 is 1.37 bits per heavy atom. The molecule has 100 valence electrons. The lowest BCUT2D eigenvalue weighted by Crippen LogP contribution is -2.12. The summed E-state index contributed by atoms with van der Waals surface area (Å²) in [6.07, 6.45) is 2.26. The molecule has 5 nitrogen and oxygen atoms in total. The van der Waals surface area contributed by atoms with Crippen LogP contribution in [0, 0.1) is 5.82 Å². The highest BCUT2D eigenvalue weighted by Gasteiger charge is 2.30. The molecule has 0 saturated heterocycles.